The Kier molecular flexibility index (Phi) is 4.19. The highest BCUT2D eigenvalue weighted by Gasteiger charge is 2.56. The molecule has 4 heteroatoms. The van der Waals surface area contributed by atoms with Gasteiger partial charge in [-0.2, -0.15) is 0 Å². The highest BCUT2D eigenvalue weighted by atomic mass is 16.5. The Morgan fingerprint density at radius 3 is 2.54 bits per heavy atom. The Morgan fingerprint density at radius 1 is 1.17 bits per heavy atom. The van der Waals surface area contributed by atoms with Gasteiger partial charge in [-0.1, -0.05) is 24.3 Å². The second-order valence-corrected chi connectivity index (χ2v) is 8.06. The lowest BCUT2D eigenvalue weighted by Gasteiger charge is -2.33. The molecule has 24 heavy (non-hydrogen) atoms. The van der Waals surface area contributed by atoms with Crippen LogP contribution in [0.4, 0.5) is 0 Å². The number of amides is 1. The smallest absolute Gasteiger partial charge is 0.267 e. The van der Waals surface area contributed by atoms with Crippen molar-refractivity contribution < 1.29 is 10.0 Å². The first-order valence-corrected chi connectivity index (χ1v) is 9.09. The molecule has 128 valence electrons. The van der Waals surface area contributed by atoms with Crippen molar-refractivity contribution in [1.82, 2.24) is 10.8 Å². The minimum Gasteiger partial charge on any atom is -0.312 e. The second kappa shape index (κ2) is 6.34. The molecule has 0 aliphatic heterocycles. The van der Waals surface area contributed by atoms with Crippen LogP contribution in [0.2, 0.25) is 0 Å². The number of carbonyl (C=O) groups is 1. The van der Waals surface area contributed by atoms with E-state index in [9.17, 15) is 4.79 Å². The van der Waals surface area contributed by atoms with Crippen LogP contribution >= 0.6 is 0 Å². The third kappa shape index (κ3) is 3.01. The van der Waals surface area contributed by atoms with Crippen LogP contribution in [0.3, 0.4) is 0 Å². The summed E-state index contributed by atoms with van der Waals surface area (Å²) in [6, 6.07) is 8.19. The monoisotopic (exact) mass is 326 g/mol. The quantitative estimate of drug-likeness (QED) is 0.428. The predicted molar refractivity (Wildman–Crippen MR) is 93.1 cm³/mol. The molecular weight excluding hydrogens is 300 g/mol. The fourth-order valence-electron chi connectivity index (χ4n) is 5.66. The minimum atomic E-state index is -0.513. The third-order valence-electron chi connectivity index (χ3n) is 6.48. The van der Waals surface area contributed by atoms with Crippen molar-refractivity contribution in [3.63, 3.8) is 0 Å². The van der Waals surface area contributed by atoms with E-state index in [1.54, 1.807) is 11.6 Å². The van der Waals surface area contributed by atoms with Gasteiger partial charge in [-0.05, 0) is 72.5 Å². The molecule has 0 spiro atoms. The molecule has 3 N–H and O–H groups in total. The summed E-state index contributed by atoms with van der Waals surface area (Å²) >= 11 is 0. The number of carbonyl (C=O) groups excluding carboxylic acids is 1. The van der Waals surface area contributed by atoms with Crippen LogP contribution in [0.5, 0.6) is 0 Å². The molecule has 4 saturated carbocycles. The van der Waals surface area contributed by atoms with Gasteiger partial charge in [0.15, 0.2) is 0 Å². The van der Waals surface area contributed by atoms with E-state index in [2.05, 4.69) is 17.4 Å². The van der Waals surface area contributed by atoms with Crippen LogP contribution in [0.1, 0.15) is 43.2 Å². The van der Waals surface area contributed by atoms with Crippen molar-refractivity contribution in [2.45, 2.75) is 38.6 Å². The average molecular weight is 326 g/mol. The zero-order valence-electron chi connectivity index (χ0n) is 14.0. The number of hydrogen-bond acceptors (Lipinski definition) is 3. The highest BCUT2D eigenvalue weighted by Crippen LogP contribution is 2.65. The van der Waals surface area contributed by atoms with E-state index in [0.717, 1.165) is 29.9 Å². The van der Waals surface area contributed by atoms with Crippen molar-refractivity contribution in [3.8, 4) is 0 Å². The van der Waals surface area contributed by atoms with E-state index in [4.69, 9.17) is 5.21 Å². The first kappa shape index (κ1) is 15.9. The molecule has 1 aromatic carbocycles. The van der Waals surface area contributed by atoms with Gasteiger partial charge in [0.05, 0.1) is 0 Å². The molecule has 4 fully saturated rings. The summed E-state index contributed by atoms with van der Waals surface area (Å²) in [4.78, 5) is 11.0. The highest BCUT2D eigenvalue weighted by molar-refractivity contribution is 5.90. The summed E-state index contributed by atoms with van der Waals surface area (Å²) in [5, 5.41) is 12.2. The van der Waals surface area contributed by atoms with Gasteiger partial charge in [-0.15, -0.1) is 0 Å². The molecule has 5 rings (SSSR count). The van der Waals surface area contributed by atoms with E-state index < -0.39 is 5.91 Å². The average Bonchev–Trinajstić information content (AvgIpc) is 2.97. The van der Waals surface area contributed by atoms with Crippen LogP contribution < -0.4 is 10.8 Å². The Labute approximate surface area is 143 Å². The number of benzene rings is 1. The van der Waals surface area contributed by atoms with Crippen LogP contribution in [0.15, 0.2) is 30.3 Å². The van der Waals surface area contributed by atoms with Crippen LogP contribution in [-0.4, -0.2) is 17.7 Å². The third-order valence-corrected chi connectivity index (χ3v) is 6.48. The van der Waals surface area contributed by atoms with Gasteiger partial charge in [-0.3, -0.25) is 10.0 Å². The van der Waals surface area contributed by atoms with E-state index in [1.807, 2.05) is 12.1 Å². The largest absolute Gasteiger partial charge is 0.312 e. The van der Waals surface area contributed by atoms with E-state index in [0.29, 0.717) is 5.41 Å². The zero-order valence-corrected chi connectivity index (χ0v) is 14.0. The molecule has 4 aliphatic rings. The summed E-state index contributed by atoms with van der Waals surface area (Å²) in [7, 11) is 0. The molecule has 2 atom stereocenters. The van der Waals surface area contributed by atoms with Gasteiger partial charge in [0.1, 0.15) is 0 Å². The molecule has 0 aromatic heterocycles. The van der Waals surface area contributed by atoms with Gasteiger partial charge in [0, 0.05) is 19.2 Å². The van der Waals surface area contributed by atoms with E-state index >= 15 is 0 Å². The van der Waals surface area contributed by atoms with Gasteiger partial charge >= 0.3 is 0 Å². The topological polar surface area (TPSA) is 61.4 Å². The van der Waals surface area contributed by atoms with Gasteiger partial charge in [0.2, 0.25) is 0 Å². The summed E-state index contributed by atoms with van der Waals surface area (Å²) < 4.78 is 0. The second-order valence-electron chi connectivity index (χ2n) is 8.06. The maximum Gasteiger partial charge on any atom is 0.267 e. The Bertz CT molecular complexity index is 624. The van der Waals surface area contributed by atoms with E-state index in [1.165, 1.54) is 50.3 Å². The molecule has 0 saturated heterocycles. The van der Waals surface area contributed by atoms with Crippen molar-refractivity contribution in [2.75, 3.05) is 6.54 Å². The summed E-state index contributed by atoms with van der Waals surface area (Å²) in [5.74, 6) is 2.51. The van der Waals surface area contributed by atoms with Crippen molar-refractivity contribution in [1.29, 1.82) is 0 Å². The SMILES string of the molecule is O=C(C=Cc1ccc(CNCC23CC4CC(CC2C4)C3)cc1)NO. The first-order chi connectivity index (χ1) is 11.7. The Balaban J connectivity index is 1.29. The molecule has 0 heterocycles. The maximum atomic E-state index is 11.0. The molecule has 4 nitrogen and oxygen atoms in total. The van der Waals surface area contributed by atoms with E-state index in [-0.39, 0.29) is 0 Å². The molecule has 4 bridgehead atoms. The lowest BCUT2D eigenvalue weighted by molar-refractivity contribution is -0.124. The lowest BCUT2D eigenvalue weighted by Crippen LogP contribution is -2.35. The normalized spacial score (nSPS) is 33.5. The number of nitrogens with one attached hydrogen (secondary N) is 2. The molecular formula is C20H26N2O2. The standard InChI is InChI=1S/C20H26N2O2/c23-19(22-24)6-5-14-1-3-15(4-2-14)12-21-13-20-10-16-7-17(11-20)9-18(20)8-16/h1-6,16-18,21,24H,7-13H2,(H,22,23). The maximum absolute atomic E-state index is 11.0. The summed E-state index contributed by atoms with van der Waals surface area (Å²) in [6.45, 7) is 2.08. The first-order valence-electron chi connectivity index (χ1n) is 9.09. The summed E-state index contributed by atoms with van der Waals surface area (Å²) in [6.07, 6.45) is 10.4. The zero-order chi connectivity index (χ0) is 16.6. The van der Waals surface area contributed by atoms with Gasteiger partial charge in [0.25, 0.3) is 5.91 Å². The van der Waals surface area contributed by atoms with Crippen molar-refractivity contribution in [3.05, 3.63) is 41.5 Å². The van der Waals surface area contributed by atoms with Crippen molar-refractivity contribution in [2.24, 2.45) is 23.2 Å². The molecule has 2 unspecified atom stereocenters. The van der Waals surface area contributed by atoms with Crippen molar-refractivity contribution >= 4 is 12.0 Å². The molecule has 4 aliphatic carbocycles. The fraction of sp³-hybridized carbons (Fsp3) is 0.550. The number of rotatable bonds is 6. The fourth-order valence-corrected chi connectivity index (χ4v) is 5.66. The predicted octanol–water partition coefficient (Wildman–Crippen LogP) is 3.12. The van der Waals surface area contributed by atoms with Gasteiger partial charge in [-0.25, -0.2) is 5.48 Å². The number of hydroxylamine groups is 1. The van der Waals surface area contributed by atoms with Crippen LogP contribution in [0.25, 0.3) is 6.08 Å². The summed E-state index contributed by atoms with van der Waals surface area (Å²) in [5.41, 5.74) is 4.42. The molecule has 0 radical (unpaired) electrons. The van der Waals surface area contributed by atoms with Crippen LogP contribution in [0, 0.1) is 23.2 Å². The molecule has 1 aromatic rings. The Morgan fingerprint density at radius 2 is 1.88 bits per heavy atom. The van der Waals surface area contributed by atoms with Crippen LogP contribution in [-0.2, 0) is 11.3 Å². The minimum absolute atomic E-state index is 0.513. The lowest BCUT2D eigenvalue weighted by atomic mass is 9.75. The Hall–Kier alpha value is -1.65. The van der Waals surface area contributed by atoms with Gasteiger partial charge < -0.3 is 5.32 Å². The molecule has 1 amide bonds. The number of hydrogen-bond donors (Lipinski definition) is 3.